The van der Waals surface area contributed by atoms with Crippen LogP contribution in [-0.2, 0) is 0 Å². The molecule has 0 atom stereocenters. The molecule has 3 nitrogen and oxygen atoms in total. The number of hydrogen-bond acceptors (Lipinski definition) is 2. The molecule has 0 aliphatic heterocycles. The Labute approximate surface area is 77.1 Å². The highest BCUT2D eigenvalue weighted by molar-refractivity contribution is 6.00. The van der Waals surface area contributed by atoms with Crippen LogP contribution in [-0.4, -0.2) is 11.6 Å². The molecule has 0 aromatic heterocycles. The molecule has 0 spiro atoms. The van der Waals surface area contributed by atoms with Gasteiger partial charge >= 0.3 is 0 Å². The predicted molar refractivity (Wildman–Crippen MR) is 52.2 cm³/mol. The van der Waals surface area contributed by atoms with Crippen molar-refractivity contribution in [1.29, 1.82) is 5.41 Å². The number of carbonyl (C=O) groups is 1. The fourth-order valence-electron chi connectivity index (χ4n) is 1.17. The van der Waals surface area contributed by atoms with Crippen molar-refractivity contribution in [3.05, 3.63) is 34.9 Å². The standard InChI is InChI=1S/C10H12N2O/c1-6-3-4-8(10(11)12)5-9(6)7(2)13/h3-5H,1-2H3,(H3,11,12). The molecule has 68 valence electrons. The van der Waals surface area contributed by atoms with Crippen molar-refractivity contribution in [2.24, 2.45) is 5.73 Å². The predicted octanol–water partition coefficient (Wildman–Crippen LogP) is 1.48. The number of hydrogen-bond donors (Lipinski definition) is 2. The molecule has 0 saturated heterocycles. The van der Waals surface area contributed by atoms with E-state index in [1.807, 2.05) is 6.92 Å². The van der Waals surface area contributed by atoms with Crippen LogP contribution in [0, 0.1) is 12.3 Å². The number of nitrogens with two attached hydrogens (primary N) is 1. The van der Waals surface area contributed by atoms with Crippen molar-refractivity contribution in [2.75, 3.05) is 0 Å². The molecule has 0 heterocycles. The lowest BCUT2D eigenvalue weighted by Crippen LogP contribution is -2.12. The highest BCUT2D eigenvalue weighted by Gasteiger charge is 2.05. The molecule has 0 aliphatic carbocycles. The van der Waals surface area contributed by atoms with E-state index in [0.29, 0.717) is 11.1 Å². The van der Waals surface area contributed by atoms with Crippen molar-refractivity contribution in [1.82, 2.24) is 0 Å². The van der Waals surface area contributed by atoms with Crippen molar-refractivity contribution in [3.8, 4) is 0 Å². The summed E-state index contributed by atoms with van der Waals surface area (Å²) in [5, 5.41) is 7.21. The van der Waals surface area contributed by atoms with Crippen LogP contribution in [0.3, 0.4) is 0 Å². The van der Waals surface area contributed by atoms with Crippen molar-refractivity contribution < 1.29 is 4.79 Å². The molecule has 0 unspecified atom stereocenters. The average molecular weight is 176 g/mol. The maximum absolute atomic E-state index is 11.1. The Kier molecular flexibility index (Phi) is 2.46. The molecule has 1 aromatic carbocycles. The number of rotatable bonds is 2. The molecule has 1 rings (SSSR count). The fraction of sp³-hybridized carbons (Fsp3) is 0.200. The van der Waals surface area contributed by atoms with Crippen LogP contribution >= 0.6 is 0 Å². The first-order valence-corrected chi connectivity index (χ1v) is 3.98. The summed E-state index contributed by atoms with van der Waals surface area (Å²) in [4.78, 5) is 11.1. The van der Waals surface area contributed by atoms with Gasteiger partial charge in [-0.3, -0.25) is 10.2 Å². The van der Waals surface area contributed by atoms with Crippen LogP contribution < -0.4 is 5.73 Å². The van der Waals surface area contributed by atoms with Crippen molar-refractivity contribution >= 4 is 11.6 Å². The maximum Gasteiger partial charge on any atom is 0.160 e. The Balaban J connectivity index is 3.27. The van der Waals surface area contributed by atoms with Crippen molar-refractivity contribution in [2.45, 2.75) is 13.8 Å². The number of benzene rings is 1. The van der Waals surface area contributed by atoms with E-state index in [9.17, 15) is 4.79 Å². The normalized spacial score (nSPS) is 9.69. The molecule has 0 bridgehead atoms. The summed E-state index contributed by atoms with van der Waals surface area (Å²) in [6.07, 6.45) is 0. The molecule has 0 amide bonds. The van der Waals surface area contributed by atoms with Gasteiger partial charge in [0.1, 0.15) is 5.84 Å². The van der Waals surface area contributed by atoms with Crippen LogP contribution in [0.25, 0.3) is 0 Å². The number of nitrogens with one attached hydrogen (secondary N) is 1. The van der Waals surface area contributed by atoms with Gasteiger partial charge < -0.3 is 5.73 Å². The van der Waals surface area contributed by atoms with Gasteiger partial charge in [-0.1, -0.05) is 12.1 Å². The van der Waals surface area contributed by atoms with Crippen LogP contribution in [0.5, 0.6) is 0 Å². The summed E-state index contributed by atoms with van der Waals surface area (Å²) in [6.45, 7) is 3.37. The van der Waals surface area contributed by atoms with Gasteiger partial charge in [-0.15, -0.1) is 0 Å². The van der Waals surface area contributed by atoms with E-state index in [4.69, 9.17) is 11.1 Å². The number of aryl methyl sites for hydroxylation is 1. The van der Waals surface area contributed by atoms with Gasteiger partial charge in [0.15, 0.2) is 5.78 Å². The topological polar surface area (TPSA) is 66.9 Å². The molecule has 1 aromatic rings. The molecule has 0 saturated carbocycles. The third-order valence-corrected chi connectivity index (χ3v) is 1.93. The molecule has 3 N–H and O–H groups in total. The SMILES string of the molecule is CC(=O)c1cc(C(=N)N)ccc1C. The monoisotopic (exact) mass is 176 g/mol. The lowest BCUT2D eigenvalue weighted by Gasteiger charge is -2.04. The van der Waals surface area contributed by atoms with E-state index in [2.05, 4.69) is 0 Å². The fourth-order valence-corrected chi connectivity index (χ4v) is 1.17. The quantitative estimate of drug-likeness (QED) is 0.407. The third kappa shape index (κ3) is 1.93. The Morgan fingerprint density at radius 2 is 2.08 bits per heavy atom. The summed E-state index contributed by atoms with van der Waals surface area (Å²) in [5.41, 5.74) is 7.44. The number of nitrogen functional groups attached to an aromatic ring is 1. The van der Waals surface area contributed by atoms with E-state index in [1.54, 1.807) is 18.2 Å². The Morgan fingerprint density at radius 1 is 1.46 bits per heavy atom. The lowest BCUT2D eigenvalue weighted by atomic mass is 10.0. The molecule has 0 radical (unpaired) electrons. The number of Topliss-reactive ketones (excluding diaryl/α,β-unsaturated/α-hetero) is 1. The second-order valence-electron chi connectivity index (χ2n) is 3.00. The van der Waals surface area contributed by atoms with Crippen LogP contribution in [0.2, 0.25) is 0 Å². The van der Waals surface area contributed by atoms with Gasteiger partial charge in [0.2, 0.25) is 0 Å². The molecule has 0 aliphatic rings. The second-order valence-corrected chi connectivity index (χ2v) is 3.00. The summed E-state index contributed by atoms with van der Waals surface area (Å²) in [6, 6.07) is 5.19. The smallest absolute Gasteiger partial charge is 0.160 e. The minimum Gasteiger partial charge on any atom is -0.384 e. The second kappa shape index (κ2) is 3.39. The summed E-state index contributed by atoms with van der Waals surface area (Å²) >= 11 is 0. The molecular formula is C10H12N2O. The van der Waals surface area contributed by atoms with Crippen LogP contribution in [0.1, 0.15) is 28.4 Å². The van der Waals surface area contributed by atoms with Gasteiger partial charge in [0.05, 0.1) is 0 Å². The van der Waals surface area contributed by atoms with E-state index in [-0.39, 0.29) is 11.6 Å². The minimum absolute atomic E-state index is 0.000556. The zero-order chi connectivity index (χ0) is 10.0. The van der Waals surface area contributed by atoms with E-state index in [1.165, 1.54) is 6.92 Å². The first-order chi connectivity index (χ1) is 6.02. The van der Waals surface area contributed by atoms with Gasteiger partial charge in [-0.05, 0) is 25.5 Å². The maximum atomic E-state index is 11.1. The Morgan fingerprint density at radius 3 is 2.54 bits per heavy atom. The lowest BCUT2D eigenvalue weighted by molar-refractivity contribution is 0.101. The summed E-state index contributed by atoms with van der Waals surface area (Å²) < 4.78 is 0. The molecule has 3 heteroatoms. The molecule has 0 fully saturated rings. The zero-order valence-corrected chi connectivity index (χ0v) is 7.72. The highest BCUT2D eigenvalue weighted by atomic mass is 16.1. The van der Waals surface area contributed by atoms with E-state index in [0.717, 1.165) is 5.56 Å². The van der Waals surface area contributed by atoms with Gasteiger partial charge in [-0.25, -0.2) is 0 Å². The number of ketones is 1. The minimum atomic E-state index is -0.0116. The summed E-state index contributed by atoms with van der Waals surface area (Å²) in [7, 11) is 0. The van der Waals surface area contributed by atoms with Crippen LogP contribution in [0.4, 0.5) is 0 Å². The average Bonchev–Trinajstić information content (AvgIpc) is 2.04. The molecule has 13 heavy (non-hydrogen) atoms. The van der Waals surface area contributed by atoms with Crippen LogP contribution in [0.15, 0.2) is 18.2 Å². The Hall–Kier alpha value is -1.64. The van der Waals surface area contributed by atoms with Crippen molar-refractivity contribution in [3.63, 3.8) is 0 Å². The molecular weight excluding hydrogens is 164 g/mol. The van der Waals surface area contributed by atoms with Gasteiger partial charge in [-0.2, -0.15) is 0 Å². The third-order valence-electron chi connectivity index (χ3n) is 1.93. The number of amidine groups is 1. The van der Waals surface area contributed by atoms with Gasteiger partial charge in [0, 0.05) is 11.1 Å². The number of carbonyl (C=O) groups excluding carboxylic acids is 1. The van der Waals surface area contributed by atoms with E-state index >= 15 is 0 Å². The largest absolute Gasteiger partial charge is 0.384 e. The summed E-state index contributed by atoms with van der Waals surface area (Å²) in [5.74, 6) is -0.0110. The van der Waals surface area contributed by atoms with Gasteiger partial charge in [0.25, 0.3) is 0 Å². The first-order valence-electron chi connectivity index (χ1n) is 3.98. The highest BCUT2D eigenvalue weighted by Crippen LogP contribution is 2.11. The first kappa shape index (κ1) is 9.45. The Bertz CT molecular complexity index is 369. The van der Waals surface area contributed by atoms with E-state index < -0.39 is 0 Å². The zero-order valence-electron chi connectivity index (χ0n) is 7.72.